The van der Waals surface area contributed by atoms with Crippen molar-refractivity contribution in [3.63, 3.8) is 0 Å². The van der Waals surface area contributed by atoms with Crippen LogP contribution in [0.1, 0.15) is 0 Å². The number of aliphatic hydroxyl groups is 2. The van der Waals surface area contributed by atoms with E-state index in [1.807, 2.05) is 36.4 Å². The minimum absolute atomic E-state index is 0.0172. The van der Waals surface area contributed by atoms with E-state index in [2.05, 4.69) is 0 Å². The Hall–Kier alpha value is -2.04. The molecule has 2 atom stereocenters. The van der Waals surface area contributed by atoms with Gasteiger partial charge in [0.25, 0.3) is 0 Å². The molecule has 0 aromatic heterocycles. The van der Waals surface area contributed by atoms with Crippen LogP contribution in [-0.2, 0) is 0 Å². The maximum absolute atomic E-state index is 9.80. The standard InChI is InChI=1S/C16H18O4/c17-15(11-19-13-7-3-1-4-8-13)16(18)12-20-14-9-5-2-6-10-14/h1-10,15-18H,11-12H2/t15-,16?/m1/s1. The van der Waals surface area contributed by atoms with Crippen LogP contribution in [0.25, 0.3) is 0 Å². The normalized spacial score (nSPS) is 13.5. The van der Waals surface area contributed by atoms with E-state index in [-0.39, 0.29) is 13.2 Å². The third kappa shape index (κ3) is 4.57. The molecule has 0 aliphatic rings. The monoisotopic (exact) mass is 274 g/mol. The fourth-order valence-electron chi connectivity index (χ4n) is 1.62. The fourth-order valence-corrected chi connectivity index (χ4v) is 1.62. The van der Waals surface area contributed by atoms with Gasteiger partial charge in [0.15, 0.2) is 0 Å². The first-order valence-electron chi connectivity index (χ1n) is 6.47. The lowest BCUT2D eigenvalue weighted by atomic mass is 10.2. The third-order valence-corrected chi connectivity index (χ3v) is 2.77. The highest BCUT2D eigenvalue weighted by atomic mass is 16.5. The second kappa shape index (κ2) is 7.53. The molecule has 2 aromatic rings. The van der Waals surface area contributed by atoms with E-state index in [0.717, 1.165) is 0 Å². The van der Waals surface area contributed by atoms with Crippen LogP contribution in [0.5, 0.6) is 11.5 Å². The Labute approximate surface area is 118 Å². The van der Waals surface area contributed by atoms with Crippen LogP contribution in [-0.4, -0.2) is 35.6 Å². The van der Waals surface area contributed by atoms with E-state index in [0.29, 0.717) is 11.5 Å². The van der Waals surface area contributed by atoms with Crippen LogP contribution in [0.2, 0.25) is 0 Å². The zero-order valence-corrected chi connectivity index (χ0v) is 11.1. The van der Waals surface area contributed by atoms with E-state index in [4.69, 9.17) is 9.47 Å². The van der Waals surface area contributed by atoms with Crippen molar-refractivity contribution in [2.75, 3.05) is 13.2 Å². The minimum atomic E-state index is -1.00. The first-order valence-corrected chi connectivity index (χ1v) is 6.47. The molecule has 0 spiro atoms. The van der Waals surface area contributed by atoms with Crippen LogP contribution >= 0.6 is 0 Å². The maximum Gasteiger partial charge on any atom is 0.119 e. The van der Waals surface area contributed by atoms with Gasteiger partial charge >= 0.3 is 0 Å². The highest BCUT2D eigenvalue weighted by molar-refractivity contribution is 5.21. The van der Waals surface area contributed by atoms with Gasteiger partial charge in [0, 0.05) is 0 Å². The van der Waals surface area contributed by atoms with Crippen molar-refractivity contribution in [3.8, 4) is 11.5 Å². The number of benzene rings is 2. The molecule has 4 heteroatoms. The smallest absolute Gasteiger partial charge is 0.119 e. The predicted octanol–water partition coefficient (Wildman–Crippen LogP) is 1.87. The van der Waals surface area contributed by atoms with Gasteiger partial charge in [-0.25, -0.2) is 0 Å². The predicted molar refractivity (Wildman–Crippen MR) is 75.9 cm³/mol. The quantitative estimate of drug-likeness (QED) is 0.809. The Kier molecular flexibility index (Phi) is 5.41. The SMILES string of the molecule is OC(COc1ccccc1)[C@H](O)COc1ccccc1. The van der Waals surface area contributed by atoms with Crippen molar-refractivity contribution < 1.29 is 19.7 Å². The minimum Gasteiger partial charge on any atom is -0.491 e. The Morgan fingerprint density at radius 1 is 0.650 bits per heavy atom. The van der Waals surface area contributed by atoms with Crippen LogP contribution < -0.4 is 9.47 Å². The van der Waals surface area contributed by atoms with E-state index < -0.39 is 12.2 Å². The van der Waals surface area contributed by atoms with Crippen LogP contribution in [0.3, 0.4) is 0 Å². The van der Waals surface area contributed by atoms with Gasteiger partial charge in [0.05, 0.1) is 0 Å². The van der Waals surface area contributed by atoms with Crippen molar-refractivity contribution in [1.82, 2.24) is 0 Å². The molecule has 20 heavy (non-hydrogen) atoms. The number of para-hydroxylation sites is 2. The molecule has 0 saturated heterocycles. The lowest BCUT2D eigenvalue weighted by Crippen LogP contribution is -2.36. The van der Waals surface area contributed by atoms with Crippen LogP contribution in [0, 0.1) is 0 Å². The molecule has 4 nitrogen and oxygen atoms in total. The van der Waals surface area contributed by atoms with Crippen molar-refractivity contribution in [2.45, 2.75) is 12.2 Å². The van der Waals surface area contributed by atoms with Crippen LogP contribution in [0.15, 0.2) is 60.7 Å². The number of aliphatic hydroxyl groups excluding tert-OH is 2. The van der Waals surface area contributed by atoms with E-state index in [1.54, 1.807) is 24.3 Å². The van der Waals surface area contributed by atoms with Crippen LogP contribution in [0.4, 0.5) is 0 Å². The lowest BCUT2D eigenvalue weighted by Gasteiger charge is -2.18. The summed E-state index contributed by atoms with van der Waals surface area (Å²) >= 11 is 0. The molecular weight excluding hydrogens is 256 g/mol. The molecule has 0 aliphatic carbocycles. The summed E-state index contributed by atoms with van der Waals surface area (Å²) in [5.74, 6) is 1.31. The summed E-state index contributed by atoms with van der Waals surface area (Å²) in [6, 6.07) is 18.3. The highest BCUT2D eigenvalue weighted by Crippen LogP contribution is 2.11. The fraction of sp³-hybridized carbons (Fsp3) is 0.250. The molecule has 106 valence electrons. The van der Waals surface area contributed by atoms with Crippen molar-refractivity contribution in [3.05, 3.63) is 60.7 Å². The molecule has 2 rings (SSSR count). The molecule has 0 saturated carbocycles. The second-order valence-electron chi connectivity index (χ2n) is 4.38. The maximum atomic E-state index is 9.80. The molecule has 0 radical (unpaired) electrons. The third-order valence-electron chi connectivity index (χ3n) is 2.77. The van der Waals surface area contributed by atoms with Gasteiger partial charge in [-0.3, -0.25) is 0 Å². The van der Waals surface area contributed by atoms with Gasteiger partial charge in [-0.1, -0.05) is 36.4 Å². The number of hydrogen-bond donors (Lipinski definition) is 2. The summed E-state index contributed by atoms with van der Waals surface area (Å²) in [5, 5.41) is 19.6. The van der Waals surface area contributed by atoms with Gasteiger partial charge < -0.3 is 19.7 Å². The Morgan fingerprint density at radius 2 is 1.00 bits per heavy atom. The molecular formula is C16H18O4. The molecule has 2 aromatic carbocycles. The molecule has 0 fully saturated rings. The van der Waals surface area contributed by atoms with Gasteiger partial charge in [0.2, 0.25) is 0 Å². The summed E-state index contributed by atoms with van der Waals surface area (Å²) in [4.78, 5) is 0. The average molecular weight is 274 g/mol. The zero-order chi connectivity index (χ0) is 14.2. The summed E-state index contributed by atoms with van der Waals surface area (Å²) in [6.07, 6.45) is -2.00. The largest absolute Gasteiger partial charge is 0.491 e. The van der Waals surface area contributed by atoms with Crippen molar-refractivity contribution in [1.29, 1.82) is 0 Å². The molecule has 0 heterocycles. The van der Waals surface area contributed by atoms with E-state index in [9.17, 15) is 10.2 Å². The van der Waals surface area contributed by atoms with Gasteiger partial charge in [-0.2, -0.15) is 0 Å². The van der Waals surface area contributed by atoms with Gasteiger partial charge in [0.1, 0.15) is 36.9 Å². The summed E-state index contributed by atoms with van der Waals surface area (Å²) in [6.45, 7) is 0.0344. The summed E-state index contributed by atoms with van der Waals surface area (Å²) in [5.41, 5.74) is 0. The zero-order valence-electron chi connectivity index (χ0n) is 11.1. The summed E-state index contributed by atoms with van der Waals surface area (Å²) < 4.78 is 10.8. The lowest BCUT2D eigenvalue weighted by molar-refractivity contribution is -0.0288. The molecule has 0 bridgehead atoms. The van der Waals surface area contributed by atoms with E-state index >= 15 is 0 Å². The van der Waals surface area contributed by atoms with Crippen molar-refractivity contribution in [2.24, 2.45) is 0 Å². The van der Waals surface area contributed by atoms with Gasteiger partial charge in [-0.05, 0) is 24.3 Å². The highest BCUT2D eigenvalue weighted by Gasteiger charge is 2.17. The van der Waals surface area contributed by atoms with E-state index in [1.165, 1.54) is 0 Å². The van der Waals surface area contributed by atoms with Crippen molar-refractivity contribution >= 4 is 0 Å². The first kappa shape index (κ1) is 14.4. The first-order chi connectivity index (χ1) is 9.75. The number of ether oxygens (including phenoxy) is 2. The number of rotatable bonds is 7. The Morgan fingerprint density at radius 3 is 1.35 bits per heavy atom. The molecule has 1 unspecified atom stereocenters. The number of hydrogen-bond acceptors (Lipinski definition) is 4. The van der Waals surface area contributed by atoms with Gasteiger partial charge in [-0.15, -0.1) is 0 Å². The topological polar surface area (TPSA) is 58.9 Å². The molecule has 2 N–H and O–H groups in total. The Bertz CT molecular complexity index is 439. The molecule has 0 amide bonds. The Balaban J connectivity index is 1.73. The molecule has 0 aliphatic heterocycles. The summed E-state index contributed by atoms with van der Waals surface area (Å²) in [7, 11) is 0. The second-order valence-corrected chi connectivity index (χ2v) is 4.38. The average Bonchev–Trinajstić information content (AvgIpc) is 2.52.